The van der Waals surface area contributed by atoms with E-state index in [4.69, 9.17) is 14.2 Å². The summed E-state index contributed by atoms with van der Waals surface area (Å²) in [5, 5.41) is 15.6. The smallest absolute Gasteiger partial charge is 0.243 e. The average Bonchev–Trinajstić information content (AvgIpc) is 3.21. The number of anilines is 1. The first-order valence-electron chi connectivity index (χ1n) is 8.75. The monoisotopic (exact) mass is 445 g/mol. The van der Waals surface area contributed by atoms with E-state index in [1.54, 1.807) is 26.0 Å². The molecule has 2 heterocycles. The zero-order valence-electron chi connectivity index (χ0n) is 15.7. The Morgan fingerprint density at radius 1 is 1.00 bits per heavy atom. The minimum absolute atomic E-state index is 0.0504. The number of ether oxygens (including phenoxy) is 3. The highest BCUT2D eigenvalue weighted by molar-refractivity contribution is 9.10. The average molecular weight is 446 g/mol. The molecule has 0 aliphatic carbocycles. The van der Waals surface area contributed by atoms with Crippen LogP contribution < -0.4 is 19.5 Å². The first-order chi connectivity index (χ1) is 13.7. The van der Waals surface area contributed by atoms with Crippen molar-refractivity contribution in [1.82, 2.24) is 20.2 Å². The number of rotatable bonds is 5. The summed E-state index contributed by atoms with van der Waals surface area (Å²) < 4.78 is 19.5. The zero-order valence-corrected chi connectivity index (χ0v) is 17.3. The molecule has 0 bridgehead atoms. The van der Waals surface area contributed by atoms with E-state index < -0.39 is 0 Å². The molecular formula is C19H20BrN5O3. The van der Waals surface area contributed by atoms with Gasteiger partial charge in [-0.15, -0.1) is 0 Å². The van der Waals surface area contributed by atoms with Crippen LogP contribution in [0, 0.1) is 0 Å². The van der Waals surface area contributed by atoms with E-state index in [2.05, 4.69) is 48.9 Å². The fourth-order valence-electron chi connectivity index (χ4n) is 3.60. The molecule has 0 amide bonds. The van der Waals surface area contributed by atoms with Gasteiger partial charge in [0.25, 0.3) is 0 Å². The molecule has 8 nitrogen and oxygen atoms in total. The summed E-state index contributed by atoms with van der Waals surface area (Å²) in [6, 6.07) is 12.0. The quantitative estimate of drug-likeness (QED) is 0.641. The lowest BCUT2D eigenvalue weighted by atomic mass is 9.92. The molecule has 1 aliphatic rings. The third kappa shape index (κ3) is 3.15. The molecule has 0 fully saturated rings. The first-order valence-corrected chi connectivity index (χ1v) is 9.54. The summed E-state index contributed by atoms with van der Waals surface area (Å²) in [7, 11) is 4.82. The summed E-state index contributed by atoms with van der Waals surface area (Å²) in [4.78, 5) is 0. The van der Waals surface area contributed by atoms with Gasteiger partial charge in [-0.2, -0.15) is 0 Å². The number of nitrogens with one attached hydrogen (secondary N) is 1. The predicted octanol–water partition coefficient (Wildman–Crippen LogP) is 3.61. The van der Waals surface area contributed by atoms with Gasteiger partial charge in [0.1, 0.15) is 0 Å². The Morgan fingerprint density at radius 2 is 1.75 bits per heavy atom. The Kier molecular flexibility index (Phi) is 5.08. The summed E-state index contributed by atoms with van der Waals surface area (Å²) in [5.41, 5.74) is 2.08. The van der Waals surface area contributed by atoms with E-state index in [0.29, 0.717) is 23.2 Å². The highest BCUT2D eigenvalue weighted by atomic mass is 79.9. The van der Waals surface area contributed by atoms with Crippen molar-refractivity contribution in [2.24, 2.45) is 0 Å². The molecular weight excluding hydrogens is 426 g/mol. The summed E-state index contributed by atoms with van der Waals surface area (Å²) >= 11 is 3.49. The molecule has 3 aromatic rings. The van der Waals surface area contributed by atoms with Crippen molar-refractivity contribution in [2.45, 2.75) is 18.5 Å². The SMILES string of the molecule is COc1ccc(C2CC(c3ccc(Br)cc3)Nc3nnnn32)c(OC)c1OC. The Bertz CT molecular complexity index is 976. The van der Waals surface area contributed by atoms with Gasteiger partial charge >= 0.3 is 0 Å². The van der Waals surface area contributed by atoms with Crippen molar-refractivity contribution in [3.63, 3.8) is 0 Å². The van der Waals surface area contributed by atoms with E-state index in [1.165, 1.54) is 0 Å². The molecule has 2 aromatic carbocycles. The fraction of sp³-hybridized carbons (Fsp3) is 0.316. The van der Waals surface area contributed by atoms with Crippen LogP contribution in [-0.4, -0.2) is 41.5 Å². The van der Waals surface area contributed by atoms with Crippen LogP contribution in [0.25, 0.3) is 0 Å². The summed E-state index contributed by atoms with van der Waals surface area (Å²) in [6.07, 6.45) is 0.742. The van der Waals surface area contributed by atoms with Crippen LogP contribution in [0.3, 0.4) is 0 Å². The normalized spacial score (nSPS) is 18.1. The van der Waals surface area contributed by atoms with Gasteiger partial charge in [0.2, 0.25) is 11.7 Å². The Hall–Kier alpha value is -2.81. The van der Waals surface area contributed by atoms with Crippen molar-refractivity contribution in [2.75, 3.05) is 26.6 Å². The number of nitrogens with zero attached hydrogens (tertiary/aromatic N) is 4. The molecule has 146 valence electrons. The Balaban J connectivity index is 1.80. The van der Waals surface area contributed by atoms with Crippen molar-refractivity contribution < 1.29 is 14.2 Å². The van der Waals surface area contributed by atoms with Crippen molar-refractivity contribution in [3.05, 3.63) is 52.0 Å². The molecule has 0 radical (unpaired) electrons. The molecule has 0 spiro atoms. The number of halogens is 1. The summed E-state index contributed by atoms with van der Waals surface area (Å²) in [6.45, 7) is 0. The van der Waals surface area contributed by atoms with Crippen LogP contribution in [0.1, 0.15) is 29.6 Å². The highest BCUT2D eigenvalue weighted by Gasteiger charge is 2.33. The molecule has 2 atom stereocenters. The van der Waals surface area contributed by atoms with E-state index >= 15 is 0 Å². The Labute approximate surface area is 170 Å². The fourth-order valence-corrected chi connectivity index (χ4v) is 3.86. The summed E-state index contributed by atoms with van der Waals surface area (Å²) in [5.74, 6) is 2.39. The second-order valence-electron chi connectivity index (χ2n) is 6.37. The minimum Gasteiger partial charge on any atom is -0.493 e. The van der Waals surface area contributed by atoms with Crippen LogP contribution in [0.5, 0.6) is 17.2 Å². The zero-order chi connectivity index (χ0) is 19.7. The van der Waals surface area contributed by atoms with Crippen LogP contribution in [0.2, 0.25) is 0 Å². The number of methoxy groups -OCH3 is 3. The predicted molar refractivity (Wildman–Crippen MR) is 107 cm³/mol. The minimum atomic E-state index is -0.130. The molecule has 0 saturated carbocycles. The largest absolute Gasteiger partial charge is 0.493 e. The lowest BCUT2D eigenvalue weighted by Crippen LogP contribution is -2.28. The van der Waals surface area contributed by atoms with Crippen molar-refractivity contribution in [3.8, 4) is 17.2 Å². The molecule has 1 aromatic heterocycles. The van der Waals surface area contributed by atoms with Gasteiger partial charge in [0, 0.05) is 10.0 Å². The Morgan fingerprint density at radius 3 is 2.43 bits per heavy atom. The lowest BCUT2D eigenvalue weighted by Gasteiger charge is -2.32. The van der Waals surface area contributed by atoms with Crippen LogP contribution >= 0.6 is 15.9 Å². The van der Waals surface area contributed by atoms with Crippen molar-refractivity contribution >= 4 is 21.9 Å². The lowest BCUT2D eigenvalue weighted by molar-refractivity contribution is 0.315. The maximum Gasteiger partial charge on any atom is 0.243 e. The number of fused-ring (bicyclic) bond motifs is 1. The van der Waals surface area contributed by atoms with Crippen LogP contribution in [-0.2, 0) is 0 Å². The van der Waals surface area contributed by atoms with E-state index in [0.717, 1.165) is 22.0 Å². The standard InChI is InChI=1S/C19H20BrN5O3/c1-26-16-9-8-13(17(27-2)18(16)28-3)15-10-14(11-4-6-12(20)7-5-11)21-19-22-23-24-25(15)19/h4-9,14-15H,10H2,1-3H3,(H,21,22,24). The van der Waals surface area contributed by atoms with Crippen LogP contribution in [0.15, 0.2) is 40.9 Å². The van der Waals surface area contributed by atoms with Gasteiger partial charge in [-0.3, -0.25) is 0 Å². The second kappa shape index (κ2) is 7.67. The highest BCUT2D eigenvalue weighted by Crippen LogP contribution is 2.46. The van der Waals surface area contributed by atoms with Crippen molar-refractivity contribution in [1.29, 1.82) is 0 Å². The molecule has 1 N–H and O–H groups in total. The number of benzene rings is 2. The van der Waals surface area contributed by atoms with Crippen LogP contribution in [0.4, 0.5) is 5.95 Å². The maximum absolute atomic E-state index is 5.70. The first kappa shape index (κ1) is 18.5. The van der Waals surface area contributed by atoms with Gasteiger partial charge in [0.15, 0.2) is 11.5 Å². The van der Waals surface area contributed by atoms with Gasteiger partial charge in [-0.05, 0) is 46.7 Å². The van der Waals surface area contributed by atoms with Gasteiger partial charge in [-0.1, -0.05) is 33.2 Å². The number of tetrazole rings is 1. The topological polar surface area (TPSA) is 83.3 Å². The number of hydrogen-bond donors (Lipinski definition) is 1. The van der Waals surface area contributed by atoms with E-state index in [1.807, 2.05) is 24.3 Å². The van der Waals surface area contributed by atoms with Gasteiger partial charge in [-0.25, -0.2) is 4.68 Å². The molecule has 1 aliphatic heterocycles. The number of hydrogen-bond acceptors (Lipinski definition) is 7. The molecule has 9 heteroatoms. The van der Waals surface area contributed by atoms with Gasteiger partial charge < -0.3 is 19.5 Å². The third-order valence-corrected chi connectivity index (χ3v) is 5.44. The van der Waals surface area contributed by atoms with E-state index in [9.17, 15) is 0 Å². The molecule has 28 heavy (non-hydrogen) atoms. The van der Waals surface area contributed by atoms with E-state index in [-0.39, 0.29) is 12.1 Å². The molecule has 2 unspecified atom stereocenters. The maximum atomic E-state index is 5.70. The molecule has 0 saturated heterocycles. The second-order valence-corrected chi connectivity index (χ2v) is 7.29. The molecule has 4 rings (SSSR count). The third-order valence-electron chi connectivity index (χ3n) is 4.92. The number of aromatic nitrogens is 4. The van der Waals surface area contributed by atoms with Gasteiger partial charge in [0.05, 0.1) is 33.4 Å².